The molecule has 152 valence electrons. The first-order chi connectivity index (χ1) is 14.1. The number of nitrogens with zero attached hydrogens (tertiary/aromatic N) is 2. The van der Waals surface area contributed by atoms with Crippen molar-refractivity contribution in [2.75, 3.05) is 13.2 Å². The second kappa shape index (κ2) is 9.92. The van der Waals surface area contributed by atoms with Gasteiger partial charge in [0.05, 0.1) is 17.6 Å². The number of carbonyl (C=O) groups is 1. The molecule has 0 fully saturated rings. The molecule has 0 aliphatic rings. The Hall–Kier alpha value is -3.08. The van der Waals surface area contributed by atoms with E-state index in [2.05, 4.69) is 48.5 Å². The number of imidazole rings is 1. The Kier molecular flexibility index (Phi) is 7.06. The zero-order valence-corrected chi connectivity index (χ0v) is 17.2. The summed E-state index contributed by atoms with van der Waals surface area (Å²) in [5.41, 5.74) is 3.37. The minimum absolute atomic E-state index is 0.170. The Bertz CT molecular complexity index is 960. The van der Waals surface area contributed by atoms with E-state index in [9.17, 15) is 4.79 Å². The van der Waals surface area contributed by atoms with Crippen LogP contribution in [-0.4, -0.2) is 28.6 Å². The van der Waals surface area contributed by atoms with Crippen LogP contribution < -0.4 is 10.1 Å². The number of ether oxygens (including phenoxy) is 1. The van der Waals surface area contributed by atoms with E-state index >= 15 is 0 Å². The number of hydrogen-bond donors (Lipinski definition) is 1. The van der Waals surface area contributed by atoms with Crippen molar-refractivity contribution < 1.29 is 9.53 Å². The maximum atomic E-state index is 11.4. The molecule has 2 aromatic carbocycles. The summed E-state index contributed by atoms with van der Waals surface area (Å²) in [4.78, 5) is 16.1. The molecule has 0 bridgehead atoms. The maximum absolute atomic E-state index is 11.4. The normalized spacial score (nSPS) is 11.9. The molecule has 5 heteroatoms. The van der Waals surface area contributed by atoms with Crippen LogP contribution in [0.5, 0.6) is 5.75 Å². The molecule has 1 atom stereocenters. The van der Waals surface area contributed by atoms with Crippen LogP contribution in [0.3, 0.4) is 0 Å². The quantitative estimate of drug-likeness (QED) is 0.519. The van der Waals surface area contributed by atoms with Crippen molar-refractivity contribution in [2.24, 2.45) is 0 Å². The van der Waals surface area contributed by atoms with Gasteiger partial charge in [0.2, 0.25) is 5.91 Å². The second-order valence-corrected chi connectivity index (χ2v) is 7.14. The summed E-state index contributed by atoms with van der Waals surface area (Å²) in [5, 5.41) is 2.81. The van der Waals surface area contributed by atoms with E-state index in [0.29, 0.717) is 32.0 Å². The summed E-state index contributed by atoms with van der Waals surface area (Å²) in [6, 6.07) is 16.4. The van der Waals surface area contributed by atoms with Crippen molar-refractivity contribution in [3.05, 3.63) is 72.6 Å². The lowest BCUT2D eigenvalue weighted by Gasteiger charge is -2.13. The van der Waals surface area contributed by atoms with E-state index in [1.165, 1.54) is 11.6 Å². The van der Waals surface area contributed by atoms with Gasteiger partial charge in [-0.25, -0.2) is 4.98 Å². The molecular weight excluding hydrogens is 362 g/mol. The van der Waals surface area contributed by atoms with Gasteiger partial charge in [-0.3, -0.25) is 4.79 Å². The number of rotatable bonds is 10. The third-order valence-corrected chi connectivity index (χ3v) is 5.21. The monoisotopic (exact) mass is 391 g/mol. The highest BCUT2D eigenvalue weighted by Crippen LogP contribution is 2.22. The van der Waals surface area contributed by atoms with Crippen LogP contribution in [0.25, 0.3) is 11.0 Å². The van der Waals surface area contributed by atoms with Crippen LogP contribution in [0.15, 0.2) is 61.2 Å². The fourth-order valence-electron chi connectivity index (χ4n) is 3.32. The first kappa shape index (κ1) is 20.6. The molecule has 5 nitrogen and oxygen atoms in total. The molecule has 0 aliphatic heterocycles. The average Bonchev–Trinajstić information content (AvgIpc) is 3.11. The smallest absolute Gasteiger partial charge is 0.243 e. The van der Waals surface area contributed by atoms with Crippen LogP contribution in [0.1, 0.15) is 37.6 Å². The Labute approximate surface area is 172 Å². The Morgan fingerprint density at radius 1 is 1.24 bits per heavy atom. The van der Waals surface area contributed by atoms with Crippen LogP contribution in [-0.2, 0) is 17.8 Å². The third kappa shape index (κ3) is 5.25. The Morgan fingerprint density at radius 3 is 2.72 bits per heavy atom. The van der Waals surface area contributed by atoms with Gasteiger partial charge in [-0.1, -0.05) is 44.7 Å². The lowest BCUT2D eigenvalue weighted by Crippen LogP contribution is -2.24. The van der Waals surface area contributed by atoms with Crippen LogP contribution in [0.4, 0.5) is 0 Å². The zero-order chi connectivity index (χ0) is 20.6. The van der Waals surface area contributed by atoms with E-state index < -0.39 is 0 Å². The number of nitrogens with one attached hydrogen (secondary N) is 1. The van der Waals surface area contributed by atoms with Crippen molar-refractivity contribution in [1.82, 2.24) is 14.9 Å². The Morgan fingerprint density at radius 2 is 2.00 bits per heavy atom. The van der Waals surface area contributed by atoms with Crippen molar-refractivity contribution in [1.29, 1.82) is 0 Å². The van der Waals surface area contributed by atoms with Gasteiger partial charge in [-0.05, 0) is 48.2 Å². The summed E-state index contributed by atoms with van der Waals surface area (Å²) in [7, 11) is 0. The number of carbonyl (C=O) groups excluding carboxylic acids is 1. The molecular formula is C24H29N3O2. The molecule has 0 aliphatic carbocycles. The number of fused-ring (bicyclic) bond motifs is 1. The predicted molar refractivity (Wildman–Crippen MR) is 117 cm³/mol. The Balaban J connectivity index is 1.66. The molecule has 3 aromatic rings. The van der Waals surface area contributed by atoms with Crippen LogP contribution >= 0.6 is 0 Å². The molecule has 1 N–H and O–H groups in total. The van der Waals surface area contributed by atoms with E-state index in [-0.39, 0.29) is 5.91 Å². The molecule has 1 unspecified atom stereocenters. The third-order valence-electron chi connectivity index (χ3n) is 5.21. The summed E-state index contributed by atoms with van der Waals surface area (Å²) < 4.78 is 8.15. The summed E-state index contributed by atoms with van der Waals surface area (Å²) in [5.74, 6) is 2.20. The number of para-hydroxylation sites is 2. The van der Waals surface area contributed by atoms with Gasteiger partial charge in [0.1, 0.15) is 18.2 Å². The lowest BCUT2D eigenvalue weighted by atomic mass is 9.99. The summed E-state index contributed by atoms with van der Waals surface area (Å²) in [6.45, 7) is 9.68. The SMILES string of the molecule is C=CC(=O)NCCc1nc2ccccc2n1CCOc1ccc(C(C)CC)cc1. The molecule has 1 amide bonds. The van der Waals surface area contributed by atoms with Gasteiger partial charge in [0, 0.05) is 13.0 Å². The maximum Gasteiger partial charge on any atom is 0.243 e. The highest BCUT2D eigenvalue weighted by Gasteiger charge is 2.11. The number of benzene rings is 2. The summed E-state index contributed by atoms with van der Waals surface area (Å²) >= 11 is 0. The van der Waals surface area contributed by atoms with Crippen molar-refractivity contribution in [3.63, 3.8) is 0 Å². The first-order valence-corrected chi connectivity index (χ1v) is 10.2. The van der Waals surface area contributed by atoms with E-state index in [1.807, 2.05) is 30.3 Å². The topological polar surface area (TPSA) is 56.2 Å². The highest BCUT2D eigenvalue weighted by molar-refractivity contribution is 5.86. The molecule has 0 spiro atoms. The van der Waals surface area contributed by atoms with Crippen molar-refractivity contribution >= 4 is 16.9 Å². The number of aromatic nitrogens is 2. The van der Waals surface area contributed by atoms with Gasteiger partial charge < -0.3 is 14.6 Å². The van der Waals surface area contributed by atoms with Crippen molar-refractivity contribution in [3.8, 4) is 5.75 Å². The van der Waals surface area contributed by atoms with Gasteiger partial charge in [0.25, 0.3) is 0 Å². The predicted octanol–water partition coefficient (Wildman–Crippen LogP) is 4.47. The van der Waals surface area contributed by atoms with E-state index in [4.69, 9.17) is 9.72 Å². The van der Waals surface area contributed by atoms with Crippen molar-refractivity contribution in [2.45, 2.75) is 39.2 Å². The van der Waals surface area contributed by atoms with Crippen LogP contribution in [0, 0.1) is 0 Å². The lowest BCUT2D eigenvalue weighted by molar-refractivity contribution is -0.116. The fourth-order valence-corrected chi connectivity index (χ4v) is 3.32. The van der Waals surface area contributed by atoms with Gasteiger partial charge in [0.15, 0.2) is 0 Å². The highest BCUT2D eigenvalue weighted by atomic mass is 16.5. The van der Waals surface area contributed by atoms with Gasteiger partial charge in [-0.2, -0.15) is 0 Å². The fraction of sp³-hybridized carbons (Fsp3) is 0.333. The molecule has 3 rings (SSSR count). The minimum atomic E-state index is -0.170. The van der Waals surface area contributed by atoms with Crippen LogP contribution in [0.2, 0.25) is 0 Å². The molecule has 0 radical (unpaired) electrons. The molecule has 1 heterocycles. The largest absolute Gasteiger partial charge is 0.492 e. The number of amides is 1. The average molecular weight is 392 g/mol. The summed E-state index contributed by atoms with van der Waals surface area (Å²) in [6.07, 6.45) is 3.06. The molecule has 0 saturated heterocycles. The van der Waals surface area contributed by atoms with Gasteiger partial charge in [-0.15, -0.1) is 0 Å². The standard InChI is InChI=1S/C24H29N3O2/c1-4-18(3)19-10-12-20(13-11-19)29-17-16-27-22-9-7-6-8-21(22)26-23(27)14-15-25-24(28)5-2/h5-13,18H,2,4,14-17H2,1,3H3,(H,25,28). The van der Waals surface area contributed by atoms with E-state index in [0.717, 1.165) is 29.0 Å². The van der Waals surface area contributed by atoms with E-state index in [1.54, 1.807) is 0 Å². The molecule has 29 heavy (non-hydrogen) atoms. The second-order valence-electron chi connectivity index (χ2n) is 7.14. The number of hydrogen-bond acceptors (Lipinski definition) is 3. The first-order valence-electron chi connectivity index (χ1n) is 10.2. The minimum Gasteiger partial charge on any atom is -0.492 e. The zero-order valence-electron chi connectivity index (χ0n) is 17.2. The van der Waals surface area contributed by atoms with Gasteiger partial charge >= 0.3 is 0 Å². The molecule has 1 aromatic heterocycles. The molecule has 0 saturated carbocycles.